The highest BCUT2D eigenvalue weighted by Gasteiger charge is 2.08. The Labute approximate surface area is 173 Å². The quantitative estimate of drug-likeness (QED) is 0.195. The molecule has 1 N–H and O–H groups in total. The van der Waals surface area contributed by atoms with Gasteiger partial charge < -0.3 is 15.1 Å². The monoisotopic (exact) mass is 478 g/mol. The number of hydrogen-bond donors (Lipinski definition) is 1. The topological polar surface area (TPSA) is 47.9 Å². The van der Waals surface area contributed by atoms with E-state index in [4.69, 9.17) is 0 Å². The molecule has 0 spiro atoms. The number of benzene rings is 1. The molecule has 1 amide bonds. The molecule has 142 valence electrons. The molecular formula is C18H31IN4OS. The lowest BCUT2D eigenvalue weighted by Crippen LogP contribution is -2.41. The zero-order valence-corrected chi connectivity index (χ0v) is 18.8. The molecule has 7 heteroatoms. The van der Waals surface area contributed by atoms with Crippen molar-refractivity contribution >= 4 is 47.6 Å². The van der Waals surface area contributed by atoms with Crippen LogP contribution < -0.4 is 5.32 Å². The first kappa shape index (κ1) is 24.0. The average Bonchev–Trinajstić information content (AvgIpc) is 2.59. The number of guanidine groups is 1. The van der Waals surface area contributed by atoms with Crippen molar-refractivity contribution in [2.24, 2.45) is 4.99 Å². The minimum Gasteiger partial charge on any atom is -0.355 e. The van der Waals surface area contributed by atoms with Crippen LogP contribution in [0.25, 0.3) is 0 Å². The molecule has 25 heavy (non-hydrogen) atoms. The maximum atomic E-state index is 11.8. The highest BCUT2D eigenvalue weighted by atomic mass is 127. The van der Waals surface area contributed by atoms with Crippen LogP contribution in [0.1, 0.15) is 19.8 Å². The van der Waals surface area contributed by atoms with Crippen molar-refractivity contribution in [3.63, 3.8) is 0 Å². The summed E-state index contributed by atoms with van der Waals surface area (Å²) < 4.78 is 0. The van der Waals surface area contributed by atoms with E-state index in [2.05, 4.69) is 34.3 Å². The van der Waals surface area contributed by atoms with Gasteiger partial charge >= 0.3 is 0 Å². The molecule has 1 aromatic carbocycles. The first-order valence-corrected chi connectivity index (χ1v) is 9.40. The van der Waals surface area contributed by atoms with Crippen LogP contribution in [0.2, 0.25) is 0 Å². The Morgan fingerprint density at radius 3 is 2.48 bits per heavy atom. The van der Waals surface area contributed by atoms with E-state index >= 15 is 0 Å². The number of thioether (sulfide) groups is 1. The van der Waals surface area contributed by atoms with Crippen LogP contribution in [0, 0.1) is 0 Å². The van der Waals surface area contributed by atoms with Crippen LogP contribution in [-0.4, -0.2) is 68.2 Å². The molecule has 0 unspecified atom stereocenters. The fourth-order valence-corrected chi connectivity index (χ4v) is 2.73. The normalized spacial score (nSPS) is 10.8. The number of amides is 1. The van der Waals surface area contributed by atoms with Gasteiger partial charge in [0.05, 0.1) is 0 Å². The number of rotatable bonds is 9. The molecule has 0 aromatic heterocycles. The third-order valence-corrected chi connectivity index (χ3v) is 4.48. The van der Waals surface area contributed by atoms with Gasteiger partial charge in [-0.1, -0.05) is 31.5 Å². The van der Waals surface area contributed by atoms with E-state index in [1.807, 2.05) is 37.0 Å². The van der Waals surface area contributed by atoms with E-state index < -0.39 is 0 Å². The standard InChI is InChI=1S/C18H30N4OS.HI/c1-5-6-13-22(4)18(20-15-17(23)21(2)3)19-12-14-24-16-10-8-7-9-11-16;/h7-11H,5-6,12-15H2,1-4H3,(H,19,20);1H. The third-order valence-electron chi connectivity index (χ3n) is 3.47. The summed E-state index contributed by atoms with van der Waals surface area (Å²) >= 11 is 1.81. The zero-order chi connectivity index (χ0) is 17.8. The summed E-state index contributed by atoms with van der Waals surface area (Å²) in [4.78, 5) is 21.2. The molecule has 0 heterocycles. The molecular weight excluding hydrogens is 447 g/mol. The number of carbonyl (C=O) groups excluding carboxylic acids is 1. The van der Waals surface area contributed by atoms with Crippen molar-refractivity contribution in [1.29, 1.82) is 0 Å². The second-order valence-corrected chi connectivity index (χ2v) is 6.96. The van der Waals surface area contributed by atoms with E-state index in [0.717, 1.165) is 37.6 Å². The fourth-order valence-electron chi connectivity index (χ4n) is 1.95. The van der Waals surface area contributed by atoms with Gasteiger partial charge in [-0.2, -0.15) is 0 Å². The van der Waals surface area contributed by atoms with Crippen molar-refractivity contribution in [3.8, 4) is 0 Å². The van der Waals surface area contributed by atoms with Gasteiger partial charge in [-0.05, 0) is 18.6 Å². The van der Waals surface area contributed by atoms with Gasteiger partial charge in [-0.15, -0.1) is 35.7 Å². The number of carbonyl (C=O) groups is 1. The van der Waals surface area contributed by atoms with Crippen LogP contribution in [0.15, 0.2) is 40.2 Å². The van der Waals surface area contributed by atoms with Gasteiger partial charge in [-0.3, -0.25) is 4.79 Å². The van der Waals surface area contributed by atoms with Gasteiger partial charge in [-0.25, -0.2) is 4.99 Å². The molecule has 0 bridgehead atoms. The van der Waals surface area contributed by atoms with Crippen LogP contribution >= 0.6 is 35.7 Å². The molecule has 0 radical (unpaired) electrons. The predicted octanol–water partition coefficient (Wildman–Crippen LogP) is 3.16. The molecule has 5 nitrogen and oxygen atoms in total. The second kappa shape index (κ2) is 14.2. The predicted molar refractivity (Wildman–Crippen MR) is 119 cm³/mol. The van der Waals surface area contributed by atoms with Gasteiger partial charge in [0.15, 0.2) is 5.96 Å². The Morgan fingerprint density at radius 1 is 1.20 bits per heavy atom. The fraction of sp³-hybridized carbons (Fsp3) is 0.556. The molecule has 0 atom stereocenters. The Hall–Kier alpha value is -0.960. The SMILES string of the molecule is CCCCN(C)C(=NCC(=O)N(C)C)NCCSc1ccccc1.I. The summed E-state index contributed by atoms with van der Waals surface area (Å²) in [5.74, 6) is 1.76. The minimum atomic E-state index is 0. The lowest BCUT2D eigenvalue weighted by molar-refractivity contribution is -0.127. The number of hydrogen-bond acceptors (Lipinski definition) is 3. The average molecular weight is 478 g/mol. The van der Waals surface area contributed by atoms with Crippen molar-refractivity contribution in [3.05, 3.63) is 30.3 Å². The van der Waals surface area contributed by atoms with Crippen LogP contribution in [0.3, 0.4) is 0 Å². The van der Waals surface area contributed by atoms with Gasteiger partial charge in [0, 0.05) is 44.9 Å². The third kappa shape index (κ3) is 10.6. The van der Waals surface area contributed by atoms with E-state index in [1.165, 1.54) is 4.90 Å². The summed E-state index contributed by atoms with van der Waals surface area (Å²) in [5.41, 5.74) is 0. The minimum absolute atomic E-state index is 0. The van der Waals surface area contributed by atoms with Crippen molar-refractivity contribution in [1.82, 2.24) is 15.1 Å². The number of halogens is 1. The summed E-state index contributed by atoms with van der Waals surface area (Å²) in [6.07, 6.45) is 2.25. The van der Waals surface area contributed by atoms with Gasteiger partial charge in [0.25, 0.3) is 0 Å². The summed E-state index contributed by atoms with van der Waals surface area (Å²) in [5, 5.41) is 3.38. The molecule has 1 aromatic rings. The molecule has 0 aliphatic rings. The number of nitrogens with one attached hydrogen (secondary N) is 1. The Morgan fingerprint density at radius 2 is 1.88 bits per heavy atom. The Kier molecular flexibility index (Phi) is 13.7. The maximum absolute atomic E-state index is 11.8. The van der Waals surface area contributed by atoms with E-state index in [9.17, 15) is 4.79 Å². The highest BCUT2D eigenvalue weighted by molar-refractivity contribution is 14.0. The van der Waals surface area contributed by atoms with Crippen molar-refractivity contribution < 1.29 is 4.79 Å². The molecule has 0 saturated heterocycles. The van der Waals surface area contributed by atoms with Crippen LogP contribution in [0.5, 0.6) is 0 Å². The molecule has 0 saturated carbocycles. The molecule has 0 fully saturated rings. The van der Waals surface area contributed by atoms with E-state index in [-0.39, 0.29) is 36.4 Å². The van der Waals surface area contributed by atoms with Crippen molar-refractivity contribution in [2.75, 3.05) is 46.5 Å². The lowest BCUT2D eigenvalue weighted by atomic mass is 10.3. The van der Waals surface area contributed by atoms with Crippen LogP contribution in [0.4, 0.5) is 0 Å². The lowest BCUT2D eigenvalue weighted by Gasteiger charge is -2.22. The molecule has 0 aliphatic heterocycles. The number of unbranched alkanes of at least 4 members (excludes halogenated alkanes) is 1. The maximum Gasteiger partial charge on any atom is 0.243 e. The first-order valence-electron chi connectivity index (χ1n) is 8.42. The van der Waals surface area contributed by atoms with E-state index in [1.54, 1.807) is 19.0 Å². The zero-order valence-electron chi connectivity index (χ0n) is 15.7. The van der Waals surface area contributed by atoms with Crippen LogP contribution in [-0.2, 0) is 4.79 Å². The van der Waals surface area contributed by atoms with Gasteiger partial charge in [0.1, 0.15) is 6.54 Å². The highest BCUT2D eigenvalue weighted by Crippen LogP contribution is 2.15. The Bertz CT molecular complexity index is 511. The number of aliphatic imine (C=N–C) groups is 1. The first-order chi connectivity index (χ1) is 11.5. The Balaban J connectivity index is 0.00000576. The van der Waals surface area contributed by atoms with E-state index in [0.29, 0.717) is 0 Å². The smallest absolute Gasteiger partial charge is 0.243 e. The summed E-state index contributed by atoms with van der Waals surface area (Å²) in [6, 6.07) is 10.4. The van der Waals surface area contributed by atoms with Crippen molar-refractivity contribution in [2.45, 2.75) is 24.7 Å². The number of likely N-dealkylation sites (N-methyl/N-ethyl adjacent to an activating group) is 1. The summed E-state index contributed by atoms with van der Waals surface area (Å²) in [7, 11) is 5.52. The largest absolute Gasteiger partial charge is 0.355 e. The second-order valence-electron chi connectivity index (χ2n) is 5.79. The molecule has 1 rings (SSSR count). The van der Waals surface area contributed by atoms with Gasteiger partial charge in [0.2, 0.25) is 5.91 Å². The number of nitrogens with zero attached hydrogens (tertiary/aromatic N) is 3. The molecule has 0 aliphatic carbocycles. The summed E-state index contributed by atoms with van der Waals surface area (Å²) in [6.45, 7) is 4.09.